The number of ether oxygens (including phenoxy) is 1. The lowest BCUT2D eigenvalue weighted by Crippen LogP contribution is -2.37. The quantitative estimate of drug-likeness (QED) is 0.475. The van der Waals surface area contributed by atoms with Gasteiger partial charge in [0, 0.05) is 6.54 Å². The fourth-order valence-electron chi connectivity index (χ4n) is 3.08. The normalized spacial score (nSPS) is 11.9. The molecular formula is C24H24Cl2N2O3. The molecule has 5 nitrogen and oxygen atoms in total. The highest BCUT2D eigenvalue weighted by atomic mass is 35.5. The number of nitrogens with zero attached hydrogens (tertiary/aromatic N) is 1. The highest BCUT2D eigenvalue weighted by Gasteiger charge is 2.15. The van der Waals surface area contributed by atoms with Crippen LogP contribution in [0.15, 0.2) is 72.8 Å². The van der Waals surface area contributed by atoms with Crippen molar-refractivity contribution in [2.75, 3.05) is 32.1 Å². The molecule has 0 aliphatic heterocycles. The molecule has 0 unspecified atom stereocenters. The number of anilines is 1. The summed E-state index contributed by atoms with van der Waals surface area (Å²) in [4.78, 5) is 14.0. The molecule has 0 fully saturated rings. The molecule has 0 spiro atoms. The molecule has 3 rings (SSSR count). The van der Waals surface area contributed by atoms with E-state index in [1.807, 2.05) is 54.6 Å². The van der Waals surface area contributed by atoms with Crippen LogP contribution in [0.1, 0.15) is 0 Å². The second-order valence-electron chi connectivity index (χ2n) is 7.20. The number of likely N-dealkylation sites (N-methyl/N-ethyl adjacent to an activating group) is 1. The van der Waals surface area contributed by atoms with Crippen LogP contribution >= 0.6 is 23.2 Å². The highest BCUT2D eigenvalue weighted by Crippen LogP contribution is 2.29. The van der Waals surface area contributed by atoms with E-state index in [0.29, 0.717) is 21.5 Å². The van der Waals surface area contributed by atoms with E-state index in [1.54, 1.807) is 30.1 Å². The summed E-state index contributed by atoms with van der Waals surface area (Å²) >= 11 is 12.1. The van der Waals surface area contributed by atoms with Crippen LogP contribution in [0.3, 0.4) is 0 Å². The Kier molecular flexibility index (Phi) is 8.32. The Morgan fingerprint density at radius 1 is 0.968 bits per heavy atom. The number of aliphatic hydroxyl groups excluding tert-OH is 1. The average Bonchev–Trinajstić information content (AvgIpc) is 2.76. The Balaban J connectivity index is 1.44. The van der Waals surface area contributed by atoms with E-state index in [4.69, 9.17) is 27.9 Å². The summed E-state index contributed by atoms with van der Waals surface area (Å²) in [6.45, 7) is 0.461. The third-order valence-corrected chi connectivity index (χ3v) is 5.20. The van der Waals surface area contributed by atoms with Crippen LogP contribution in [0.2, 0.25) is 10.0 Å². The van der Waals surface area contributed by atoms with Gasteiger partial charge in [-0.05, 0) is 42.4 Å². The van der Waals surface area contributed by atoms with E-state index in [-0.39, 0.29) is 25.6 Å². The Bertz CT molecular complexity index is 977. The first-order valence-corrected chi connectivity index (χ1v) is 10.6. The lowest BCUT2D eigenvalue weighted by atomic mass is 10.1. The Labute approximate surface area is 192 Å². The van der Waals surface area contributed by atoms with Gasteiger partial charge in [-0.3, -0.25) is 9.69 Å². The van der Waals surface area contributed by atoms with Crippen LogP contribution in [0.25, 0.3) is 11.1 Å². The Morgan fingerprint density at radius 3 is 2.23 bits per heavy atom. The molecule has 0 aromatic heterocycles. The monoisotopic (exact) mass is 458 g/mol. The first-order chi connectivity index (χ1) is 14.9. The number of para-hydroxylation sites is 1. The van der Waals surface area contributed by atoms with Gasteiger partial charge in [0.2, 0.25) is 5.91 Å². The minimum Gasteiger partial charge on any atom is -0.491 e. The molecule has 1 atom stereocenters. The summed E-state index contributed by atoms with van der Waals surface area (Å²) in [5, 5.41) is 13.7. The van der Waals surface area contributed by atoms with Gasteiger partial charge in [0.05, 0.1) is 22.3 Å². The number of amides is 1. The van der Waals surface area contributed by atoms with E-state index in [0.717, 1.165) is 11.1 Å². The second kappa shape index (κ2) is 11.2. The van der Waals surface area contributed by atoms with Gasteiger partial charge in [-0.15, -0.1) is 0 Å². The van der Waals surface area contributed by atoms with Crippen molar-refractivity contribution in [1.82, 2.24) is 4.90 Å². The number of halogens is 2. The standard InChI is InChI=1S/C24H24Cl2N2O3/c1-28(15-23(30)27-24-21(25)8-5-9-22(24)26)14-19(29)16-31-20-12-10-18(11-13-20)17-6-3-2-4-7-17/h2-13,19,29H,14-16H2,1H3,(H,27,30)/t19-/m0/s1. The van der Waals surface area contributed by atoms with Crippen molar-refractivity contribution in [2.24, 2.45) is 0 Å². The molecule has 7 heteroatoms. The number of rotatable bonds is 9. The van der Waals surface area contributed by atoms with Crippen molar-refractivity contribution in [3.8, 4) is 16.9 Å². The number of hydrogen-bond acceptors (Lipinski definition) is 4. The van der Waals surface area contributed by atoms with Crippen molar-refractivity contribution in [2.45, 2.75) is 6.10 Å². The molecule has 0 radical (unpaired) electrons. The van der Waals surface area contributed by atoms with Gasteiger partial charge in [-0.2, -0.15) is 0 Å². The zero-order valence-electron chi connectivity index (χ0n) is 17.1. The van der Waals surface area contributed by atoms with Crippen LogP contribution in [-0.2, 0) is 4.79 Å². The Hall–Kier alpha value is -2.57. The lowest BCUT2D eigenvalue weighted by molar-refractivity contribution is -0.117. The summed E-state index contributed by atoms with van der Waals surface area (Å²) in [6.07, 6.45) is -0.754. The highest BCUT2D eigenvalue weighted by molar-refractivity contribution is 6.39. The minimum atomic E-state index is -0.754. The van der Waals surface area contributed by atoms with Crippen LogP contribution in [0, 0.1) is 0 Å². The zero-order chi connectivity index (χ0) is 22.2. The van der Waals surface area contributed by atoms with E-state index < -0.39 is 6.10 Å². The molecule has 0 bridgehead atoms. The second-order valence-corrected chi connectivity index (χ2v) is 8.01. The minimum absolute atomic E-state index is 0.0738. The van der Waals surface area contributed by atoms with Gasteiger partial charge < -0.3 is 15.2 Å². The van der Waals surface area contributed by atoms with Gasteiger partial charge in [0.1, 0.15) is 18.5 Å². The van der Waals surface area contributed by atoms with E-state index in [9.17, 15) is 9.90 Å². The summed E-state index contributed by atoms with van der Waals surface area (Å²) in [5.41, 5.74) is 2.61. The summed E-state index contributed by atoms with van der Waals surface area (Å²) in [5.74, 6) is 0.398. The van der Waals surface area contributed by atoms with Crippen LogP contribution < -0.4 is 10.1 Å². The first kappa shape index (κ1) is 23.1. The molecule has 2 N–H and O–H groups in total. The molecule has 3 aromatic rings. The first-order valence-electron chi connectivity index (χ1n) is 9.81. The number of benzene rings is 3. The van der Waals surface area contributed by atoms with Gasteiger partial charge >= 0.3 is 0 Å². The molecule has 3 aromatic carbocycles. The fourth-order valence-corrected chi connectivity index (χ4v) is 3.58. The Morgan fingerprint density at radius 2 is 1.58 bits per heavy atom. The number of carbonyl (C=O) groups is 1. The molecule has 31 heavy (non-hydrogen) atoms. The van der Waals surface area contributed by atoms with E-state index in [2.05, 4.69) is 5.32 Å². The van der Waals surface area contributed by atoms with Crippen molar-refractivity contribution >= 4 is 34.8 Å². The molecule has 0 aliphatic rings. The average molecular weight is 459 g/mol. The molecular weight excluding hydrogens is 435 g/mol. The number of aliphatic hydroxyl groups is 1. The predicted molar refractivity (Wildman–Crippen MR) is 126 cm³/mol. The molecule has 0 saturated heterocycles. The number of hydrogen-bond donors (Lipinski definition) is 2. The van der Waals surface area contributed by atoms with Gasteiger partial charge in [-0.25, -0.2) is 0 Å². The maximum atomic E-state index is 12.3. The lowest BCUT2D eigenvalue weighted by Gasteiger charge is -2.20. The molecule has 0 aliphatic carbocycles. The molecule has 0 heterocycles. The maximum Gasteiger partial charge on any atom is 0.238 e. The van der Waals surface area contributed by atoms with Crippen molar-refractivity contribution < 1.29 is 14.6 Å². The summed E-state index contributed by atoms with van der Waals surface area (Å²) in [6, 6.07) is 22.8. The zero-order valence-corrected chi connectivity index (χ0v) is 18.6. The van der Waals surface area contributed by atoms with Crippen LogP contribution in [0.4, 0.5) is 5.69 Å². The molecule has 0 saturated carbocycles. The third kappa shape index (κ3) is 6.97. The van der Waals surface area contributed by atoms with Crippen molar-refractivity contribution in [3.63, 3.8) is 0 Å². The SMILES string of the molecule is CN(CC(=O)Nc1c(Cl)cccc1Cl)C[C@H](O)COc1ccc(-c2ccccc2)cc1. The van der Waals surface area contributed by atoms with E-state index >= 15 is 0 Å². The summed E-state index contributed by atoms with van der Waals surface area (Å²) in [7, 11) is 1.74. The number of carbonyl (C=O) groups excluding carboxylic acids is 1. The van der Waals surface area contributed by atoms with Crippen LogP contribution in [0.5, 0.6) is 5.75 Å². The topological polar surface area (TPSA) is 61.8 Å². The third-order valence-electron chi connectivity index (χ3n) is 4.57. The summed E-state index contributed by atoms with van der Waals surface area (Å²) < 4.78 is 5.68. The van der Waals surface area contributed by atoms with Crippen molar-refractivity contribution in [3.05, 3.63) is 82.8 Å². The van der Waals surface area contributed by atoms with Crippen molar-refractivity contribution in [1.29, 1.82) is 0 Å². The van der Waals surface area contributed by atoms with Gasteiger partial charge in [0.25, 0.3) is 0 Å². The predicted octanol–water partition coefficient (Wildman–Crippen LogP) is 4.97. The maximum absolute atomic E-state index is 12.3. The van der Waals surface area contributed by atoms with Crippen LogP contribution in [-0.4, -0.2) is 48.8 Å². The fraction of sp³-hybridized carbons (Fsp3) is 0.208. The van der Waals surface area contributed by atoms with E-state index in [1.165, 1.54) is 0 Å². The van der Waals surface area contributed by atoms with Gasteiger partial charge in [-0.1, -0.05) is 71.7 Å². The molecule has 162 valence electrons. The molecule has 1 amide bonds. The largest absolute Gasteiger partial charge is 0.491 e. The smallest absolute Gasteiger partial charge is 0.238 e. The number of nitrogens with one attached hydrogen (secondary N) is 1. The van der Waals surface area contributed by atoms with Gasteiger partial charge in [0.15, 0.2) is 0 Å².